The number of benzene rings is 1. The summed E-state index contributed by atoms with van der Waals surface area (Å²) in [7, 11) is 0. The first-order valence-corrected chi connectivity index (χ1v) is 6.54. The van der Waals surface area contributed by atoms with Crippen molar-refractivity contribution in [1.29, 1.82) is 5.26 Å². The number of nitrogens with zero attached hydrogens (tertiary/aromatic N) is 2. The molecule has 1 aromatic heterocycles. The molecule has 0 aliphatic carbocycles. The maximum Gasteiger partial charge on any atom is 0.255 e. The number of nitrogen functional groups attached to an aromatic ring is 1. The Balaban J connectivity index is 2.32. The van der Waals surface area contributed by atoms with Crippen molar-refractivity contribution in [2.75, 3.05) is 11.1 Å². The standard InChI is InChI=1S/C14H11BrN4O/c1-8-4-10(5-13(17)18-8)14(20)19-12-6-11(15)3-2-9(12)7-16/h2-6H,1H3,(H2,17,18)(H,19,20). The number of nitrogens with one attached hydrogen (secondary N) is 1. The molecule has 100 valence electrons. The van der Waals surface area contributed by atoms with Gasteiger partial charge < -0.3 is 11.1 Å². The normalized spacial score (nSPS) is 9.85. The highest BCUT2D eigenvalue weighted by Gasteiger charge is 2.11. The molecular formula is C14H11BrN4O. The number of carbonyl (C=O) groups is 1. The molecule has 0 aliphatic heterocycles. The summed E-state index contributed by atoms with van der Waals surface area (Å²) in [6.45, 7) is 1.76. The number of aryl methyl sites for hydroxylation is 1. The molecule has 0 spiro atoms. The lowest BCUT2D eigenvalue weighted by molar-refractivity contribution is 0.102. The van der Waals surface area contributed by atoms with E-state index in [0.29, 0.717) is 22.5 Å². The molecule has 6 heteroatoms. The SMILES string of the molecule is Cc1cc(C(=O)Nc2cc(Br)ccc2C#N)cc(N)n1. The zero-order valence-corrected chi connectivity index (χ0v) is 12.2. The first-order chi connectivity index (χ1) is 9.49. The lowest BCUT2D eigenvalue weighted by Crippen LogP contribution is -2.14. The number of nitrogens with two attached hydrogens (primary N) is 1. The fourth-order valence-corrected chi connectivity index (χ4v) is 2.10. The number of pyridine rings is 1. The van der Waals surface area contributed by atoms with E-state index in [1.165, 1.54) is 6.07 Å². The number of anilines is 2. The minimum Gasteiger partial charge on any atom is -0.384 e. The van der Waals surface area contributed by atoms with Crippen LogP contribution in [0.25, 0.3) is 0 Å². The highest BCUT2D eigenvalue weighted by Crippen LogP contribution is 2.21. The summed E-state index contributed by atoms with van der Waals surface area (Å²) >= 11 is 3.30. The van der Waals surface area contributed by atoms with Crippen LogP contribution in [0.3, 0.4) is 0 Å². The molecule has 0 aliphatic rings. The van der Waals surface area contributed by atoms with E-state index in [4.69, 9.17) is 11.0 Å². The van der Waals surface area contributed by atoms with Gasteiger partial charge in [-0.25, -0.2) is 4.98 Å². The van der Waals surface area contributed by atoms with E-state index in [0.717, 1.165) is 4.47 Å². The number of aromatic nitrogens is 1. The molecular weight excluding hydrogens is 320 g/mol. The van der Waals surface area contributed by atoms with E-state index < -0.39 is 0 Å². The van der Waals surface area contributed by atoms with Crippen LogP contribution in [0.1, 0.15) is 21.6 Å². The Labute approximate surface area is 124 Å². The van der Waals surface area contributed by atoms with Gasteiger partial charge in [0.15, 0.2) is 0 Å². The van der Waals surface area contributed by atoms with Gasteiger partial charge in [-0.15, -0.1) is 0 Å². The van der Waals surface area contributed by atoms with E-state index in [9.17, 15) is 4.79 Å². The first-order valence-electron chi connectivity index (χ1n) is 5.75. The third-order valence-electron chi connectivity index (χ3n) is 2.59. The molecule has 2 aromatic rings. The Morgan fingerprint density at radius 2 is 2.15 bits per heavy atom. The second kappa shape index (κ2) is 5.72. The van der Waals surface area contributed by atoms with Gasteiger partial charge in [-0.05, 0) is 37.3 Å². The lowest BCUT2D eigenvalue weighted by atomic mass is 10.1. The summed E-state index contributed by atoms with van der Waals surface area (Å²) in [5, 5.41) is 11.7. The van der Waals surface area contributed by atoms with Crippen LogP contribution in [0.2, 0.25) is 0 Å². The van der Waals surface area contributed by atoms with Crippen molar-refractivity contribution in [2.24, 2.45) is 0 Å². The van der Waals surface area contributed by atoms with Crippen LogP contribution < -0.4 is 11.1 Å². The van der Waals surface area contributed by atoms with E-state index in [1.54, 1.807) is 31.2 Å². The topological polar surface area (TPSA) is 91.8 Å². The molecule has 0 fully saturated rings. The van der Waals surface area contributed by atoms with Crippen LogP contribution in [0.4, 0.5) is 11.5 Å². The summed E-state index contributed by atoms with van der Waals surface area (Å²) in [6, 6.07) is 10.2. The zero-order chi connectivity index (χ0) is 14.7. The molecule has 5 nitrogen and oxygen atoms in total. The number of carbonyl (C=O) groups excluding carboxylic acids is 1. The van der Waals surface area contributed by atoms with Crippen LogP contribution in [0.5, 0.6) is 0 Å². The molecule has 0 saturated heterocycles. The van der Waals surface area contributed by atoms with Gasteiger partial charge in [0.25, 0.3) is 5.91 Å². The molecule has 1 amide bonds. The highest BCUT2D eigenvalue weighted by atomic mass is 79.9. The van der Waals surface area contributed by atoms with Crippen molar-refractivity contribution in [1.82, 2.24) is 4.98 Å². The number of hydrogen-bond acceptors (Lipinski definition) is 4. The van der Waals surface area contributed by atoms with Crippen molar-refractivity contribution in [3.8, 4) is 6.07 Å². The number of nitriles is 1. The quantitative estimate of drug-likeness (QED) is 0.885. The summed E-state index contributed by atoms with van der Waals surface area (Å²) in [5.41, 5.74) is 7.51. The van der Waals surface area contributed by atoms with Crippen molar-refractivity contribution < 1.29 is 4.79 Å². The maximum atomic E-state index is 12.2. The minimum atomic E-state index is -0.336. The molecule has 2 rings (SSSR count). The van der Waals surface area contributed by atoms with Crippen molar-refractivity contribution in [2.45, 2.75) is 6.92 Å². The monoisotopic (exact) mass is 330 g/mol. The van der Waals surface area contributed by atoms with Crippen molar-refractivity contribution in [3.05, 3.63) is 51.6 Å². The third-order valence-corrected chi connectivity index (χ3v) is 3.08. The van der Waals surface area contributed by atoms with Gasteiger partial charge in [0.05, 0.1) is 11.3 Å². The number of amides is 1. The van der Waals surface area contributed by atoms with Gasteiger partial charge in [-0.1, -0.05) is 15.9 Å². The van der Waals surface area contributed by atoms with Crippen molar-refractivity contribution in [3.63, 3.8) is 0 Å². The van der Waals surface area contributed by atoms with Gasteiger partial charge >= 0.3 is 0 Å². The fraction of sp³-hybridized carbons (Fsp3) is 0.0714. The summed E-state index contributed by atoms with van der Waals surface area (Å²) in [4.78, 5) is 16.2. The zero-order valence-electron chi connectivity index (χ0n) is 10.6. The summed E-state index contributed by atoms with van der Waals surface area (Å²) in [6.07, 6.45) is 0. The second-order valence-electron chi connectivity index (χ2n) is 4.18. The van der Waals surface area contributed by atoms with E-state index in [1.807, 2.05) is 6.07 Å². The molecule has 0 bridgehead atoms. The van der Waals surface area contributed by atoms with Crippen LogP contribution >= 0.6 is 15.9 Å². The van der Waals surface area contributed by atoms with Crippen LogP contribution in [0, 0.1) is 18.3 Å². The third kappa shape index (κ3) is 3.13. The van der Waals surface area contributed by atoms with Gasteiger partial charge in [0.1, 0.15) is 11.9 Å². The molecule has 0 radical (unpaired) electrons. The molecule has 20 heavy (non-hydrogen) atoms. The van der Waals surface area contributed by atoms with Crippen LogP contribution in [-0.2, 0) is 0 Å². The number of hydrogen-bond donors (Lipinski definition) is 2. The van der Waals surface area contributed by atoms with Gasteiger partial charge in [0, 0.05) is 15.7 Å². The predicted octanol–water partition coefficient (Wildman–Crippen LogP) is 2.86. The Kier molecular flexibility index (Phi) is 4.01. The highest BCUT2D eigenvalue weighted by molar-refractivity contribution is 9.10. The van der Waals surface area contributed by atoms with E-state index in [-0.39, 0.29) is 11.7 Å². The Hall–Kier alpha value is -2.39. The fourth-order valence-electron chi connectivity index (χ4n) is 1.74. The Morgan fingerprint density at radius 3 is 2.80 bits per heavy atom. The average Bonchev–Trinajstić information content (AvgIpc) is 2.37. The molecule has 0 atom stereocenters. The lowest BCUT2D eigenvalue weighted by Gasteiger charge is -2.08. The van der Waals surface area contributed by atoms with Crippen LogP contribution in [-0.4, -0.2) is 10.9 Å². The van der Waals surface area contributed by atoms with E-state index in [2.05, 4.69) is 26.2 Å². The molecule has 0 saturated carbocycles. The predicted molar refractivity (Wildman–Crippen MR) is 80.2 cm³/mol. The van der Waals surface area contributed by atoms with Gasteiger partial charge in [-0.2, -0.15) is 5.26 Å². The number of rotatable bonds is 2. The van der Waals surface area contributed by atoms with E-state index >= 15 is 0 Å². The van der Waals surface area contributed by atoms with Crippen molar-refractivity contribution >= 4 is 33.3 Å². The smallest absolute Gasteiger partial charge is 0.255 e. The molecule has 1 heterocycles. The first kappa shape index (κ1) is 14.0. The summed E-state index contributed by atoms with van der Waals surface area (Å²) < 4.78 is 0.775. The van der Waals surface area contributed by atoms with Gasteiger partial charge in [-0.3, -0.25) is 4.79 Å². The second-order valence-corrected chi connectivity index (χ2v) is 5.09. The molecule has 0 unspecified atom stereocenters. The minimum absolute atomic E-state index is 0.282. The van der Waals surface area contributed by atoms with Gasteiger partial charge in [0.2, 0.25) is 0 Å². The van der Waals surface area contributed by atoms with Crippen LogP contribution in [0.15, 0.2) is 34.8 Å². The molecule has 1 aromatic carbocycles. The number of halogens is 1. The average molecular weight is 331 g/mol. The largest absolute Gasteiger partial charge is 0.384 e. The maximum absolute atomic E-state index is 12.2. The summed E-state index contributed by atoms with van der Waals surface area (Å²) in [5.74, 6) is -0.0540. The Bertz CT molecular complexity index is 701. The molecule has 3 N–H and O–H groups in total. The Morgan fingerprint density at radius 1 is 1.40 bits per heavy atom.